The molecule has 0 unspecified atom stereocenters. The van der Waals surface area contributed by atoms with E-state index in [1.54, 1.807) is 35.6 Å². The second-order valence-corrected chi connectivity index (χ2v) is 5.40. The molecular formula is C16H10O2S. The third-order valence-corrected chi connectivity index (χ3v) is 4.28. The van der Waals surface area contributed by atoms with Gasteiger partial charge < -0.3 is 10.2 Å². The summed E-state index contributed by atoms with van der Waals surface area (Å²) in [5, 5.41) is 30.1. The number of aromatic hydroxyl groups is 2. The van der Waals surface area contributed by atoms with Crippen LogP contribution in [0.25, 0.3) is 32.3 Å². The number of hydrogen-bond donors (Lipinski definition) is 2. The first-order valence-electron chi connectivity index (χ1n) is 5.97. The van der Waals surface area contributed by atoms with E-state index in [1.165, 1.54) is 0 Å². The summed E-state index contributed by atoms with van der Waals surface area (Å²) in [4.78, 5) is 0. The number of rotatable bonds is 0. The van der Waals surface area contributed by atoms with Gasteiger partial charge in [0.15, 0.2) is 0 Å². The van der Waals surface area contributed by atoms with E-state index in [4.69, 9.17) is 0 Å². The van der Waals surface area contributed by atoms with Crippen LogP contribution in [0, 0.1) is 0 Å². The predicted molar refractivity (Wildman–Crippen MR) is 80.2 cm³/mol. The summed E-state index contributed by atoms with van der Waals surface area (Å²) < 4.78 is 0. The van der Waals surface area contributed by atoms with Crippen molar-refractivity contribution >= 4 is 43.7 Å². The second-order valence-electron chi connectivity index (χ2n) is 4.66. The number of thiophene rings is 1. The Morgan fingerprint density at radius 2 is 1.05 bits per heavy atom. The predicted octanol–water partition coefficient (Wildman–Crippen LogP) is 4.62. The molecule has 19 heavy (non-hydrogen) atoms. The van der Waals surface area contributed by atoms with Gasteiger partial charge in [-0.15, -0.1) is 0 Å². The van der Waals surface area contributed by atoms with E-state index in [0.717, 1.165) is 32.3 Å². The van der Waals surface area contributed by atoms with Gasteiger partial charge >= 0.3 is 0 Å². The van der Waals surface area contributed by atoms with Crippen molar-refractivity contribution in [2.45, 2.75) is 0 Å². The molecule has 2 N–H and O–H groups in total. The minimum absolute atomic E-state index is 0.276. The molecule has 0 saturated carbocycles. The molecule has 92 valence electrons. The van der Waals surface area contributed by atoms with Crippen LogP contribution in [0.3, 0.4) is 0 Å². The maximum absolute atomic E-state index is 9.71. The van der Waals surface area contributed by atoms with Crippen molar-refractivity contribution in [2.75, 3.05) is 0 Å². The lowest BCUT2D eigenvalue weighted by Gasteiger charge is -2.08. The first-order valence-corrected chi connectivity index (χ1v) is 6.91. The second kappa shape index (κ2) is 3.62. The van der Waals surface area contributed by atoms with E-state index >= 15 is 0 Å². The molecule has 1 aromatic heterocycles. The summed E-state index contributed by atoms with van der Waals surface area (Å²) in [6.45, 7) is 0. The van der Waals surface area contributed by atoms with Crippen LogP contribution in [0.15, 0.2) is 47.2 Å². The molecule has 0 aliphatic carbocycles. The summed E-state index contributed by atoms with van der Waals surface area (Å²) in [7, 11) is 0. The lowest BCUT2D eigenvalue weighted by Crippen LogP contribution is -1.80. The Labute approximate surface area is 113 Å². The van der Waals surface area contributed by atoms with Crippen LogP contribution in [0.1, 0.15) is 0 Å². The maximum atomic E-state index is 9.71. The smallest absolute Gasteiger partial charge is 0.116 e. The van der Waals surface area contributed by atoms with Gasteiger partial charge in [-0.25, -0.2) is 0 Å². The maximum Gasteiger partial charge on any atom is 0.116 e. The van der Waals surface area contributed by atoms with Gasteiger partial charge in [0.25, 0.3) is 0 Å². The summed E-state index contributed by atoms with van der Waals surface area (Å²) in [6.07, 6.45) is 0. The summed E-state index contributed by atoms with van der Waals surface area (Å²) >= 11 is 1.63. The highest BCUT2D eigenvalue weighted by Crippen LogP contribution is 2.39. The van der Waals surface area contributed by atoms with Crippen LogP contribution in [-0.2, 0) is 0 Å². The Bertz CT molecular complexity index is 862. The molecule has 0 amide bonds. The molecule has 0 spiro atoms. The van der Waals surface area contributed by atoms with Gasteiger partial charge in [0, 0.05) is 10.8 Å². The topological polar surface area (TPSA) is 40.5 Å². The third-order valence-electron chi connectivity index (χ3n) is 3.54. The van der Waals surface area contributed by atoms with Crippen LogP contribution in [0.5, 0.6) is 11.5 Å². The largest absolute Gasteiger partial charge is 0.508 e. The Morgan fingerprint density at radius 3 is 1.53 bits per heavy atom. The first-order chi connectivity index (χ1) is 9.24. The van der Waals surface area contributed by atoms with Crippen molar-refractivity contribution in [2.24, 2.45) is 0 Å². The molecule has 0 bridgehead atoms. The quantitative estimate of drug-likeness (QED) is 0.456. The first kappa shape index (κ1) is 10.6. The summed E-state index contributed by atoms with van der Waals surface area (Å²) in [5.41, 5.74) is 0. The van der Waals surface area contributed by atoms with Crippen molar-refractivity contribution in [3.63, 3.8) is 0 Å². The zero-order chi connectivity index (χ0) is 13.0. The molecular weight excluding hydrogens is 256 g/mol. The van der Waals surface area contributed by atoms with Crippen molar-refractivity contribution in [3.05, 3.63) is 47.2 Å². The van der Waals surface area contributed by atoms with Gasteiger partial charge in [-0.3, -0.25) is 0 Å². The number of hydrogen-bond acceptors (Lipinski definition) is 3. The Balaban J connectivity index is 2.40. The van der Waals surface area contributed by atoms with Crippen LogP contribution in [0.2, 0.25) is 0 Å². The zero-order valence-electron chi connectivity index (χ0n) is 9.92. The fourth-order valence-corrected chi connectivity index (χ4v) is 3.54. The van der Waals surface area contributed by atoms with Gasteiger partial charge in [-0.2, -0.15) is 11.3 Å². The molecule has 0 saturated heterocycles. The third kappa shape index (κ3) is 1.42. The molecule has 4 rings (SSSR count). The lowest BCUT2D eigenvalue weighted by atomic mass is 9.96. The minimum Gasteiger partial charge on any atom is -0.508 e. The molecule has 0 radical (unpaired) electrons. The van der Waals surface area contributed by atoms with E-state index < -0.39 is 0 Å². The Hall–Kier alpha value is -2.26. The monoisotopic (exact) mass is 266 g/mol. The van der Waals surface area contributed by atoms with Gasteiger partial charge in [-0.05, 0) is 56.6 Å². The van der Waals surface area contributed by atoms with Crippen molar-refractivity contribution < 1.29 is 10.2 Å². The number of fused-ring (bicyclic) bond motifs is 6. The molecule has 0 aliphatic rings. The summed E-state index contributed by atoms with van der Waals surface area (Å²) in [6, 6.07) is 10.9. The van der Waals surface area contributed by atoms with E-state index in [-0.39, 0.29) is 11.5 Å². The van der Waals surface area contributed by atoms with Gasteiger partial charge in [0.1, 0.15) is 11.5 Å². The molecule has 2 nitrogen and oxygen atoms in total. The Morgan fingerprint density at radius 1 is 0.579 bits per heavy atom. The highest BCUT2D eigenvalue weighted by molar-refractivity contribution is 7.09. The molecule has 3 heteroatoms. The normalized spacial score (nSPS) is 11.6. The van der Waals surface area contributed by atoms with E-state index in [1.807, 2.05) is 12.1 Å². The fraction of sp³-hybridized carbons (Fsp3) is 0. The summed E-state index contributed by atoms with van der Waals surface area (Å²) in [5.74, 6) is 0.552. The van der Waals surface area contributed by atoms with E-state index in [9.17, 15) is 10.2 Å². The molecule has 1 heterocycles. The highest BCUT2D eigenvalue weighted by Gasteiger charge is 2.10. The number of phenolic OH excluding ortho intramolecular Hbond substituents is 2. The van der Waals surface area contributed by atoms with Gasteiger partial charge in [0.2, 0.25) is 0 Å². The molecule has 3 aromatic carbocycles. The highest BCUT2D eigenvalue weighted by atomic mass is 32.1. The van der Waals surface area contributed by atoms with E-state index in [2.05, 4.69) is 10.8 Å². The zero-order valence-corrected chi connectivity index (χ0v) is 10.7. The van der Waals surface area contributed by atoms with Gasteiger partial charge in [0.05, 0.1) is 0 Å². The Kier molecular flexibility index (Phi) is 2.03. The molecule has 0 atom stereocenters. The van der Waals surface area contributed by atoms with Gasteiger partial charge in [-0.1, -0.05) is 12.1 Å². The van der Waals surface area contributed by atoms with Crippen molar-refractivity contribution in [3.8, 4) is 11.5 Å². The van der Waals surface area contributed by atoms with Crippen LogP contribution in [0.4, 0.5) is 0 Å². The minimum atomic E-state index is 0.276. The van der Waals surface area contributed by atoms with Crippen molar-refractivity contribution in [1.82, 2.24) is 0 Å². The lowest BCUT2D eigenvalue weighted by molar-refractivity contribution is 0.475. The molecule has 0 aliphatic heterocycles. The van der Waals surface area contributed by atoms with Crippen LogP contribution in [-0.4, -0.2) is 10.2 Å². The fourth-order valence-electron chi connectivity index (χ4n) is 2.69. The van der Waals surface area contributed by atoms with E-state index in [0.29, 0.717) is 0 Å². The number of phenols is 2. The number of benzene rings is 3. The standard InChI is InChI=1S/C16H10O2S/c17-9-1-3-11-12-4-2-10(18)6-14(12)16-8-19-7-15(16)13(11)5-9/h1-8,17-18H. The van der Waals surface area contributed by atoms with Crippen LogP contribution < -0.4 is 0 Å². The molecule has 0 fully saturated rings. The van der Waals surface area contributed by atoms with Crippen LogP contribution >= 0.6 is 11.3 Å². The average molecular weight is 266 g/mol. The average Bonchev–Trinajstić information content (AvgIpc) is 2.88. The SMILES string of the molecule is Oc1ccc2c3ccc(O)cc3c3cscc3c2c1. The molecule has 4 aromatic rings. The van der Waals surface area contributed by atoms with Crippen molar-refractivity contribution in [1.29, 1.82) is 0 Å².